The minimum absolute atomic E-state index is 0.1000. The number of benzene rings is 1. The standard InChI is InChI=1S/C22H21N3OS/c1-13-17(14-5-7-16(8-6-14)22(2,3)4)18-20(26)24-19(25-21(18)27-13)15-9-11-23-12-10-15/h5-12H,1-4H3,(H,24,25,26). The topological polar surface area (TPSA) is 58.6 Å². The van der Waals surface area contributed by atoms with Crippen molar-refractivity contribution in [1.82, 2.24) is 15.0 Å². The van der Waals surface area contributed by atoms with Gasteiger partial charge in [-0.15, -0.1) is 11.3 Å². The largest absolute Gasteiger partial charge is 0.306 e. The zero-order valence-electron chi connectivity index (χ0n) is 15.8. The first-order valence-electron chi connectivity index (χ1n) is 8.89. The van der Waals surface area contributed by atoms with Gasteiger partial charge in [-0.25, -0.2) is 4.98 Å². The Morgan fingerprint density at radius 1 is 0.963 bits per heavy atom. The van der Waals surface area contributed by atoms with Crippen molar-refractivity contribution >= 4 is 21.6 Å². The second kappa shape index (κ2) is 6.43. The fourth-order valence-corrected chi connectivity index (χ4v) is 4.30. The molecule has 0 unspecified atom stereocenters. The van der Waals surface area contributed by atoms with E-state index in [0.717, 1.165) is 26.4 Å². The third-order valence-corrected chi connectivity index (χ3v) is 5.73. The second-order valence-electron chi connectivity index (χ2n) is 7.69. The van der Waals surface area contributed by atoms with Gasteiger partial charge in [0.2, 0.25) is 0 Å². The molecule has 0 saturated carbocycles. The van der Waals surface area contributed by atoms with Crippen LogP contribution in [0.1, 0.15) is 31.2 Å². The van der Waals surface area contributed by atoms with E-state index in [2.05, 4.69) is 55.0 Å². The molecule has 1 N–H and O–H groups in total. The van der Waals surface area contributed by atoms with Gasteiger partial charge in [-0.3, -0.25) is 9.78 Å². The molecule has 0 atom stereocenters. The van der Waals surface area contributed by atoms with Gasteiger partial charge in [-0.2, -0.15) is 0 Å². The Balaban J connectivity index is 1.88. The summed E-state index contributed by atoms with van der Waals surface area (Å²) in [6.07, 6.45) is 3.39. The molecule has 0 radical (unpaired) electrons. The lowest BCUT2D eigenvalue weighted by atomic mass is 9.86. The number of H-pyrrole nitrogens is 1. The van der Waals surface area contributed by atoms with E-state index in [0.29, 0.717) is 11.2 Å². The van der Waals surface area contributed by atoms with Crippen molar-refractivity contribution in [2.24, 2.45) is 0 Å². The molecule has 5 heteroatoms. The highest BCUT2D eigenvalue weighted by Gasteiger charge is 2.18. The van der Waals surface area contributed by atoms with Crippen LogP contribution in [0.5, 0.6) is 0 Å². The number of nitrogens with one attached hydrogen (secondary N) is 1. The molecular formula is C22H21N3OS. The first-order chi connectivity index (χ1) is 12.8. The molecule has 0 fully saturated rings. The maximum absolute atomic E-state index is 12.9. The van der Waals surface area contributed by atoms with Gasteiger partial charge in [-0.05, 0) is 35.6 Å². The number of rotatable bonds is 2. The van der Waals surface area contributed by atoms with Crippen molar-refractivity contribution < 1.29 is 0 Å². The quantitative estimate of drug-likeness (QED) is 0.516. The summed E-state index contributed by atoms with van der Waals surface area (Å²) in [6, 6.07) is 12.2. The van der Waals surface area contributed by atoms with Gasteiger partial charge in [0.15, 0.2) is 0 Å². The zero-order chi connectivity index (χ0) is 19.2. The highest BCUT2D eigenvalue weighted by atomic mass is 32.1. The SMILES string of the molecule is Cc1sc2nc(-c3ccncc3)[nH]c(=O)c2c1-c1ccc(C(C)(C)C)cc1. The molecule has 0 amide bonds. The Bertz CT molecular complexity index is 1170. The van der Waals surface area contributed by atoms with E-state index in [-0.39, 0.29) is 11.0 Å². The Kier molecular flexibility index (Phi) is 4.19. The van der Waals surface area contributed by atoms with Crippen molar-refractivity contribution in [3.05, 3.63) is 69.6 Å². The summed E-state index contributed by atoms with van der Waals surface area (Å²) in [4.78, 5) is 26.4. The fourth-order valence-electron chi connectivity index (χ4n) is 3.25. The first-order valence-corrected chi connectivity index (χ1v) is 9.71. The van der Waals surface area contributed by atoms with E-state index >= 15 is 0 Å². The first kappa shape index (κ1) is 17.6. The average Bonchev–Trinajstić information content (AvgIpc) is 2.98. The normalized spacial score (nSPS) is 11.9. The van der Waals surface area contributed by atoms with Crippen LogP contribution in [0.25, 0.3) is 32.7 Å². The number of aromatic nitrogens is 3. The van der Waals surface area contributed by atoms with Crippen LogP contribution >= 0.6 is 11.3 Å². The number of nitrogens with zero attached hydrogens (tertiary/aromatic N) is 2. The summed E-state index contributed by atoms with van der Waals surface area (Å²) >= 11 is 1.56. The molecule has 3 heterocycles. The molecular weight excluding hydrogens is 354 g/mol. The van der Waals surface area contributed by atoms with Crippen LogP contribution in [0.15, 0.2) is 53.6 Å². The van der Waals surface area contributed by atoms with Gasteiger partial charge >= 0.3 is 0 Å². The number of thiophene rings is 1. The molecule has 136 valence electrons. The summed E-state index contributed by atoms with van der Waals surface area (Å²) in [5, 5.41) is 0.666. The van der Waals surface area contributed by atoms with E-state index in [1.54, 1.807) is 23.7 Å². The molecule has 27 heavy (non-hydrogen) atoms. The smallest absolute Gasteiger partial charge is 0.260 e. The van der Waals surface area contributed by atoms with Crippen molar-refractivity contribution in [3.63, 3.8) is 0 Å². The average molecular weight is 375 g/mol. The summed E-state index contributed by atoms with van der Waals surface area (Å²) in [7, 11) is 0. The van der Waals surface area contributed by atoms with Crippen LogP contribution in [0.3, 0.4) is 0 Å². The molecule has 4 aromatic rings. The summed E-state index contributed by atoms with van der Waals surface area (Å²) in [5.41, 5.74) is 4.15. The fraction of sp³-hybridized carbons (Fsp3) is 0.227. The monoisotopic (exact) mass is 375 g/mol. The summed E-state index contributed by atoms with van der Waals surface area (Å²) < 4.78 is 0. The predicted octanol–water partition coefficient (Wildman–Crippen LogP) is 5.32. The van der Waals surface area contributed by atoms with E-state index in [4.69, 9.17) is 4.98 Å². The van der Waals surface area contributed by atoms with Crippen LogP contribution < -0.4 is 5.56 Å². The predicted molar refractivity (Wildman–Crippen MR) is 112 cm³/mol. The van der Waals surface area contributed by atoms with Gasteiger partial charge in [-0.1, -0.05) is 45.0 Å². The third-order valence-electron chi connectivity index (χ3n) is 4.73. The molecule has 0 saturated heterocycles. The lowest BCUT2D eigenvalue weighted by molar-refractivity contribution is 0.590. The van der Waals surface area contributed by atoms with Gasteiger partial charge < -0.3 is 4.98 Å². The van der Waals surface area contributed by atoms with Crippen LogP contribution in [0.4, 0.5) is 0 Å². The minimum Gasteiger partial charge on any atom is -0.306 e. The van der Waals surface area contributed by atoms with Crippen molar-refractivity contribution in [2.75, 3.05) is 0 Å². The molecule has 0 aliphatic heterocycles. The van der Waals surface area contributed by atoms with E-state index in [1.165, 1.54) is 5.56 Å². The number of hydrogen-bond acceptors (Lipinski definition) is 4. The van der Waals surface area contributed by atoms with Gasteiger partial charge in [0.05, 0.1) is 5.39 Å². The molecule has 0 spiro atoms. The Hall–Kier alpha value is -2.79. The maximum Gasteiger partial charge on any atom is 0.260 e. The number of aromatic amines is 1. The number of aryl methyl sites for hydroxylation is 1. The lowest BCUT2D eigenvalue weighted by Crippen LogP contribution is -2.11. The van der Waals surface area contributed by atoms with Crippen LogP contribution in [-0.4, -0.2) is 15.0 Å². The third kappa shape index (κ3) is 3.19. The number of pyridine rings is 1. The van der Waals surface area contributed by atoms with Gasteiger partial charge in [0.25, 0.3) is 5.56 Å². The number of hydrogen-bond donors (Lipinski definition) is 1. The van der Waals surface area contributed by atoms with E-state index < -0.39 is 0 Å². The number of fused-ring (bicyclic) bond motifs is 1. The Morgan fingerprint density at radius 2 is 1.63 bits per heavy atom. The van der Waals surface area contributed by atoms with Crippen molar-refractivity contribution in [2.45, 2.75) is 33.1 Å². The highest BCUT2D eigenvalue weighted by Crippen LogP contribution is 2.37. The van der Waals surface area contributed by atoms with Crippen LogP contribution in [-0.2, 0) is 5.41 Å². The summed E-state index contributed by atoms with van der Waals surface area (Å²) in [5.74, 6) is 0.575. The zero-order valence-corrected chi connectivity index (χ0v) is 16.6. The molecule has 4 nitrogen and oxygen atoms in total. The van der Waals surface area contributed by atoms with Crippen LogP contribution in [0, 0.1) is 6.92 Å². The van der Waals surface area contributed by atoms with Crippen molar-refractivity contribution in [3.8, 4) is 22.5 Å². The van der Waals surface area contributed by atoms with E-state index in [9.17, 15) is 4.79 Å². The summed E-state index contributed by atoms with van der Waals surface area (Å²) in [6.45, 7) is 8.64. The molecule has 1 aromatic carbocycles. The highest BCUT2D eigenvalue weighted by molar-refractivity contribution is 7.19. The van der Waals surface area contributed by atoms with Gasteiger partial charge in [0, 0.05) is 28.4 Å². The molecule has 0 aliphatic carbocycles. The Morgan fingerprint density at radius 3 is 2.26 bits per heavy atom. The van der Waals surface area contributed by atoms with Gasteiger partial charge in [0.1, 0.15) is 10.7 Å². The lowest BCUT2D eigenvalue weighted by Gasteiger charge is -2.19. The second-order valence-corrected chi connectivity index (χ2v) is 8.89. The molecule has 0 bridgehead atoms. The molecule has 3 aromatic heterocycles. The maximum atomic E-state index is 12.9. The van der Waals surface area contributed by atoms with Crippen molar-refractivity contribution in [1.29, 1.82) is 0 Å². The van der Waals surface area contributed by atoms with Crippen LogP contribution in [0.2, 0.25) is 0 Å². The molecule has 4 rings (SSSR count). The minimum atomic E-state index is -0.105. The molecule has 0 aliphatic rings. The van der Waals surface area contributed by atoms with E-state index in [1.807, 2.05) is 19.1 Å². The Labute approximate surface area is 162 Å².